The van der Waals surface area contributed by atoms with Gasteiger partial charge in [-0.1, -0.05) is 81.4 Å². The van der Waals surface area contributed by atoms with E-state index in [9.17, 15) is 24.0 Å². The summed E-state index contributed by atoms with van der Waals surface area (Å²) in [5, 5.41) is 3.01. The van der Waals surface area contributed by atoms with Crippen LogP contribution in [0.2, 0.25) is 0 Å². The van der Waals surface area contributed by atoms with Crippen molar-refractivity contribution in [3.63, 3.8) is 0 Å². The van der Waals surface area contributed by atoms with E-state index in [1.165, 1.54) is 0 Å². The lowest BCUT2D eigenvalue weighted by atomic mass is 9.90. The van der Waals surface area contributed by atoms with Gasteiger partial charge in [-0.15, -0.1) is 0 Å². The summed E-state index contributed by atoms with van der Waals surface area (Å²) < 4.78 is 0. The third-order valence-electron chi connectivity index (χ3n) is 9.65. The quantitative estimate of drug-likeness (QED) is 0.190. The Kier molecular flexibility index (Phi) is 17.3. The van der Waals surface area contributed by atoms with Gasteiger partial charge in [0.05, 0.1) is 12.0 Å². The SMILES string of the molecule is CC(=O)N(CCCN)C1CCN(C(=O)[C@@H](C)CC(=O)[C@@H](CC(C)C)NC(=O)[C@H](CC(=O)N(CCN)Cc2ccccc2)Cc2ccccc2)CC1. The Bertz CT molecular complexity index is 1400. The van der Waals surface area contributed by atoms with Gasteiger partial charge < -0.3 is 31.5 Å². The molecule has 51 heavy (non-hydrogen) atoms. The van der Waals surface area contributed by atoms with Crippen LogP contribution < -0.4 is 16.8 Å². The fraction of sp³-hybridized carbons (Fsp3) is 0.575. The molecule has 0 saturated carbocycles. The van der Waals surface area contributed by atoms with Gasteiger partial charge in [-0.25, -0.2) is 0 Å². The summed E-state index contributed by atoms with van der Waals surface area (Å²) in [4.78, 5) is 72.6. The molecule has 2 aromatic rings. The lowest BCUT2D eigenvalue weighted by Gasteiger charge is -2.39. The van der Waals surface area contributed by atoms with E-state index in [0.717, 1.165) is 17.5 Å². The molecular formula is C40H60N6O5. The molecule has 0 radical (unpaired) electrons. The van der Waals surface area contributed by atoms with E-state index in [2.05, 4.69) is 5.32 Å². The number of piperidine rings is 1. The molecule has 1 aliphatic rings. The number of Topliss-reactive ketones (excluding diaryl/α,β-unsaturated/α-hetero) is 1. The van der Waals surface area contributed by atoms with E-state index in [1.807, 2.05) is 79.4 Å². The van der Waals surface area contributed by atoms with Crippen molar-refractivity contribution in [2.45, 2.75) is 91.3 Å². The number of hydrogen-bond donors (Lipinski definition) is 3. The lowest BCUT2D eigenvalue weighted by molar-refractivity contribution is -0.141. The van der Waals surface area contributed by atoms with Gasteiger partial charge in [0.1, 0.15) is 0 Å². The standard InChI is InChI=1S/C40H60N6O5/c1-29(2)24-36(37(48)25-30(3)40(51)44-21-16-35(17-22-44)46(31(4)47)20-11-18-41)43-39(50)34(26-32-12-7-5-8-13-32)27-38(49)45(23-19-42)28-33-14-9-6-10-15-33/h5-10,12-15,29-30,34-36H,11,16-28,41-42H2,1-4H3,(H,43,50)/t30-,34-,36+/m0/s1. The maximum atomic E-state index is 14.0. The summed E-state index contributed by atoms with van der Waals surface area (Å²) in [7, 11) is 0. The molecule has 1 heterocycles. The molecule has 0 unspecified atom stereocenters. The number of nitrogens with one attached hydrogen (secondary N) is 1. The van der Waals surface area contributed by atoms with Gasteiger partial charge in [-0.2, -0.15) is 0 Å². The number of hydrogen-bond acceptors (Lipinski definition) is 7. The molecule has 0 aliphatic carbocycles. The zero-order valence-electron chi connectivity index (χ0n) is 31.1. The Morgan fingerprint density at radius 3 is 2.00 bits per heavy atom. The van der Waals surface area contributed by atoms with Gasteiger partial charge in [-0.05, 0) is 55.7 Å². The first-order chi connectivity index (χ1) is 24.4. The zero-order valence-corrected chi connectivity index (χ0v) is 31.1. The van der Waals surface area contributed by atoms with Crippen molar-refractivity contribution in [3.8, 4) is 0 Å². The first kappa shape index (κ1) is 41.3. The molecule has 2 aromatic carbocycles. The molecule has 3 rings (SSSR count). The highest BCUT2D eigenvalue weighted by molar-refractivity contribution is 5.94. The first-order valence-electron chi connectivity index (χ1n) is 18.6. The largest absolute Gasteiger partial charge is 0.346 e. The maximum Gasteiger partial charge on any atom is 0.225 e. The topological polar surface area (TPSA) is 159 Å². The average Bonchev–Trinajstić information content (AvgIpc) is 3.11. The van der Waals surface area contributed by atoms with Crippen molar-refractivity contribution in [2.24, 2.45) is 29.2 Å². The molecule has 1 fully saturated rings. The second kappa shape index (κ2) is 21.3. The van der Waals surface area contributed by atoms with E-state index >= 15 is 0 Å². The number of rotatable bonds is 20. The van der Waals surface area contributed by atoms with E-state index in [4.69, 9.17) is 11.5 Å². The van der Waals surface area contributed by atoms with Crippen molar-refractivity contribution in [1.82, 2.24) is 20.0 Å². The second-order valence-electron chi connectivity index (χ2n) is 14.4. The number of likely N-dealkylation sites (tertiary alicyclic amines) is 1. The average molecular weight is 705 g/mol. The zero-order chi connectivity index (χ0) is 37.3. The molecule has 5 N–H and O–H groups in total. The van der Waals surface area contributed by atoms with Gasteiger partial charge >= 0.3 is 0 Å². The van der Waals surface area contributed by atoms with E-state index in [-0.39, 0.29) is 54.2 Å². The molecule has 3 atom stereocenters. The smallest absolute Gasteiger partial charge is 0.225 e. The van der Waals surface area contributed by atoms with E-state index in [1.54, 1.807) is 23.6 Å². The maximum absolute atomic E-state index is 14.0. The Labute approximate surface area is 304 Å². The molecule has 11 nitrogen and oxygen atoms in total. The lowest BCUT2D eigenvalue weighted by Crippen LogP contribution is -2.50. The van der Waals surface area contributed by atoms with Crippen LogP contribution in [0.4, 0.5) is 0 Å². The van der Waals surface area contributed by atoms with Crippen molar-refractivity contribution in [2.75, 3.05) is 39.3 Å². The number of carbonyl (C=O) groups excluding carboxylic acids is 5. The molecule has 280 valence electrons. The van der Waals surface area contributed by atoms with Crippen LogP contribution in [0, 0.1) is 17.8 Å². The predicted molar refractivity (Wildman–Crippen MR) is 200 cm³/mol. The summed E-state index contributed by atoms with van der Waals surface area (Å²) in [6.07, 6.45) is 2.80. The first-order valence-corrected chi connectivity index (χ1v) is 18.6. The monoisotopic (exact) mass is 704 g/mol. The Hall–Kier alpha value is -4.09. The van der Waals surface area contributed by atoms with Crippen molar-refractivity contribution in [1.29, 1.82) is 0 Å². The van der Waals surface area contributed by atoms with Crippen molar-refractivity contribution in [3.05, 3.63) is 71.8 Å². The number of nitrogens with zero attached hydrogens (tertiary/aromatic N) is 3. The summed E-state index contributed by atoms with van der Waals surface area (Å²) in [6.45, 7) is 10.5. The third-order valence-corrected chi connectivity index (χ3v) is 9.65. The molecular weight excluding hydrogens is 644 g/mol. The van der Waals surface area contributed by atoms with Crippen LogP contribution in [0.3, 0.4) is 0 Å². The van der Waals surface area contributed by atoms with Gasteiger partial charge in [0.15, 0.2) is 5.78 Å². The van der Waals surface area contributed by atoms with Gasteiger partial charge in [0.25, 0.3) is 0 Å². The van der Waals surface area contributed by atoms with Crippen LogP contribution in [-0.4, -0.2) is 95.5 Å². The minimum absolute atomic E-state index is 0.00383. The minimum atomic E-state index is -0.789. The second-order valence-corrected chi connectivity index (χ2v) is 14.4. The number of carbonyl (C=O) groups is 5. The van der Waals surface area contributed by atoms with Crippen LogP contribution >= 0.6 is 0 Å². The molecule has 4 amide bonds. The molecule has 0 bridgehead atoms. The summed E-state index contributed by atoms with van der Waals surface area (Å²) in [6, 6.07) is 18.5. The third kappa shape index (κ3) is 13.5. The van der Waals surface area contributed by atoms with Crippen LogP contribution in [0.5, 0.6) is 0 Å². The highest BCUT2D eigenvalue weighted by atomic mass is 16.2. The number of amides is 4. The van der Waals surface area contributed by atoms with Crippen LogP contribution in [0.1, 0.15) is 77.3 Å². The van der Waals surface area contributed by atoms with Crippen LogP contribution in [0.15, 0.2) is 60.7 Å². The molecule has 0 aromatic heterocycles. The summed E-state index contributed by atoms with van der Waals surface area (Å²) in [5.74, 6) is -1.99. The van der Waals surface area contributed by atoms with E-state index < -0.39 is 17.9 Å². The van der Waals surface area contributed by atoms with Crippen LogP contribution in [0.25, 0.3) is 0 Å². The minimum Gasteiger partial charge on any atom is -0.346 e. The number of ketones is 1. The Morgan fingerprint density at radius 1 is 0.843 bits per heavy atom. The molecule has 1 saturated heterocycles. The highest BCUT2D eigenvalue weighted by Crippen LogP contribution is 2.22. The van der Waals surface area contributed by atoms with Gasteiger partial charge in [0.2, 0.25) is 23.6 Å². The Morgan fingerprint density at radius 2 is 1.45 bits per heavy atom. The Balaban J connectivity index is 1.69. The summed E-state index contributed by atoms with van der Waals surface area (Å²) >= 11 is 0. The molecule has 0 spiro atoms. The summed E-state index contributed by atoms with van der Waals surface area (Å²) in [5.41, 5.74) is 13.4. The predicted octanol–water partition coefficient (Wildman–Crippen LogP) is 3.54. The fourth-order valence-corrected chi connectivity index (χ4v) is 6.88. The van der Waals surface area contributed by atoms with Crippen LogP contribution in [-0.2, 0) is 36.9 Å². The number of benzene rings is 2. The fourth-order valence-electron chi connectivity index (χ4n) is 6.88. The van der Waals surface area contributed by atoms with Gasteiger partial charge in [-0.3, -0.25) is 24.0 Å². The number of nitrogens with two attached hydrogens (primary N) is 2. The highest BCUT2D eigenvalue weighted by Gasteiger charge is 2.33. The van der Waals surface area contributed by atoms with Crippen molar-refractivity contribution >= 4 is 29.4 Å². The van der Waals surface area contributed by atoms with Crippen molar-refractivity contribution < 1.29 is 24.0 Å². The van der Waals surface area contributed by atoms with E-state index in [0.29, 0.717) is 71.5 Å². The molecule has 1 aliphatic heterocycles. The normalized spacial score (nSPS) is 15.2. The van der Waals surface area contributed by atoms with Gasteiger partial charge in [0, 0.05) is 71.0 Å². The molecule has 11 heteroatoms.